The van der Waals surface area contributed by atoms with Gasteiger partial charge in [-0.3, -0.25) is 9.38 Å². The van der Waals surface area contributed by atoms with E-state index in [1.165, 1.54) is 12.1 Å². The van der Waals surface area contributed by atoms with E-state index in [0.29, 0.717) is 17.0 Å². The zero-order valence-corrected chi connectivity index (χ0v) is 14.8. The van der Waals surface area contributed by atoms with E-state index in [1.807, 2.05) is 24.4 Å². The van der Waals surface area contributed by atoms with Crippen molar-refractivity contribution in [1.82, 2.24) is 24.6 Å². The minimum atomic E-state index is -0.288. The standard InChI is InChI=1S/C20H19FN6/c21-15-6-7-16-17(11-15)23-20(12-22-16)26-8-3-4-14(13-26)10-19-25-24-18-5-1-2-9-27(18)19/h1-2,5-7,9,11-12,14H,3-4,8,10,13H2. The number of hydrogen-bond acceptors (Lipinski definition) is 5. The first-order valence-corrected chi connectivity index (χ1v) is 9.22. The Labute approximate surface area is 155 Å². The Hall–Kier alpha value is -3.09. The van der Waals surface area contributed by atoms with Gasteiger partial charge in [0.1, 0.15) is 17.5 Å². The zero-order valence-electron chi connectivity index (χ0n) is 14.8. The minimum absolute atomic E-state index is 0.288. The lowest BCUT2D eigenvalue weighted by atomic mass is 9.94. The van der Waals surface area contributed by atoms with Gasteiger partial charge in [0, 0.05) is 31.8 Å². The first kappa shape index (κ1) is 16.1. The number of rotatable bonds is 3. The third-order valence-electron chi connectivity index (χ3n) is 5.19. The van der Waals surface area contributed by atoms with Crippen LogP contribution in [0.4, 0.5) is 10.2 Å². The molecular formula is C20H19FN6. The van der Waals surface area contributed by atoms with Gasteiger partial charge in [0.25, 0.3) is 0 Å². The van der Waals surface area contributed by atoms with E-state index in [1.54, 1.807) is 12.3 Å². The lowest BCUT2D eigenvalue weighted by Gasteiger charge is -2.33. The molecule has 1 unspecified atom stereocenters. The number of anilines is 1. The largest absolute Gasteiger partial charge is 0.355 e. The molecule has 4 heterocycles. The molecule has 1 fully saturated rings. The van der Waals surface area contributed by atoms with Crippen LogP contribution >= 0.6 is 0 Å². The highest BCUT2D eigenvalue weighted by Crippen LogP contribution is 2.25. The summed E-state index contributed by atoms with van der Waals surface area (Å²) < 4.78 is 15.6. The predicted octanol–water partition coefficient (Wildman–Crippen LogP) is 3.27. The summed E-state index contributed by atoms with van der Waals surface area (Å²) in [6, 6.07) is 10.4. The van der Waals surface area contributed by atoms with Crippen LogP contribution in [0.15, 0.2) is 48.8 Å². The van der Waals surface area contributed by atoms with E-state index in [-0.39, 0.29) is 5.82 Å². The van der Waals surface area contributed by atoms with E-state index < -0.39 is 0 Å². The Morgan fingerprint density at radius 2 is 2.07 bits per heavy atom. The molecule has 1 aliphatic rings. The van der Waals surface area contributed by atoms with Crippen LogP contribution in [0.25, 0.3) is 16.7 Å². The summed E-state index contributed by atoms with van der Waals surface area (Å²) in [5.74, 6) is 1.98. The first-order chi connectivity index (χ1) is 13.3. The van der Waals surface area contributed by atoms with Gasteiger partial charge in [-0.2, -0.15) is 0 Å². The van der Waals surface area contributed by atoms with Gasteiger partial charge in [-0.1, -0.05) is 6.07 Å². The smallest absolute Gasteiger partial charge is 0.160 e. The highest BCUT2D eigenvalue weighted by atomic mass is 19.1. The number of aromatic nitrogens is 5. The topological polar surface area (TPSA) is 59.2 Å². The fourth-order valence-corrected chi connectivity index (χ4v) is 3.86. The lowest BCUT2D eigenvalue weighted by Crippen LogP contribution is -2.37. The Balaban J connectivity index is 1.37. The Bertz CT molecular complexity index is 1110. The second-order valence-electron chi connectivity index (χ2n) is 7.06. The van der Waals surface area contributed by atoms with Crippen molar-refractivity contribution in [1.29, 1.82) is 0 Å². The van der Waals surface area contributed by atoms with Crippen LogP contribution in [0.2, 0.25) is 0 Å². The number of nitrogens with zero attached hydrogens (tertiary/aromatic N) is 6. The maximum Gasteiger partial charge on any atom is 0.160 e. The molecule has 4 aromatic rings. The van der Waals surface area contributed by atoms with Crippen molar-refractivity contribution in [2.24, 2.45) is 5.92 Å². The van der Waals surface area contributed by atoms with Crippen LogP contribution in [0.5, 0.6) is 0 Å². The molecule has 0 saturated carbocycles. The van der Waals surface area contributed by atoms with E-state index in [2.05, 4.69) is 29.5 Å². The summed E-state index contributed by atoms with van der Waals surface area (Å²) in [5, 5.41) is 8.61. The summed E-state index contributed by atoms with van der Waals surface area (Å²) in [6.07, 6.45) is 6.90. The molecule has 6 nitrogen and oxygen atoms in total. The van der Waals surface area contributed by atoms with Gasteiger partial charge in [-0.25, -0.2) is 9.37 Å². The molecule has 5 rings (SSSR count). The average Bonchev–Trinajstić information content (AvgIpc) is 3.10. The van der Waals surface area contributed by atoms with Crippen LogP contribution in [-0.2, 0) is 6.42 Å². The van der Waals surface area contributed by atoms with Gasteiger partial charge in [0.2, 0.25) is 0 Å². The second kappa shape index (κ2) is 6.57. The third kappa shape index (κ3) is 3.09. The van der Waals surface area contributed by atoms with Crippen LogP contribution in [-0.4, -0.2) is 37.7 Å². The second-order valence-corrected chi connectivity index (χ2v) is 7.06. The molecule has 0 aliphatic carbocycles. The molecule has 1 atom stereocenters. The first-order valence-electron chi connectivity index (χ1n) is 9.22. The van der Waals surface area contributed by atoms with Crippen molar-refractivity contribution >= 4 is 22.5 Å². The molecule has 0 spiro atoms. The van der Waals surface area contributed by atoms with E-state index in [4.69, 9.17) is 0 Å². The molecule has 0 radical (unpaired) electrons. The Morgan fingerprint density at radius 1 is 1.11 bits per heavy atom. The molecule has 7 heteroatoms. The number of piperidine rings is 1. The SMILES string of the molecule is Fc1ccc2ncc(N3CCCC(Cc4nnc5ccccn45)C3)nc2c1. The van der Waals surface area contributed by atoms with Gasteiger partial charge >= 0.3 is 0 Å². The molecule has 1 saturated heterocycles. The molecule has 136 valence electrons. The highest BCUT2D eigenvalue weighted by Gasteiger charge is 2.23. The summed E-state index contributed by atoms with van der Waals surface area (Å²) in [5.41, 5.74) is 2.18. The molecule has 1 aliphatic heterocycles. The van der Waals surface area contributed by atoms with Crippen molar-refractivity contribution in [2.45, 2.75) is 19.3 Å². The van der Waals surface area contributed by atoms with Crippen molar-refractivity contribution in [3.8, 4) is 0 Å². The molecule has 0 N–H and O–H groups in total. The molecule has 0 amide bonds. The Kier molecular flexibility index (Phi) is 3.92. The van der Waals surface area contributed by atoms with Crippen LogP contribution in [0.1, 0.15) is 18.7 Å². The van der Waals surface area contributed by atoms with Gasteiger partial charge in [0.15, 0.2) is 5.65 Å². The number of fused-ring (bicyclic) bond motifs is 2. The Morgan fingerprint density at radius 3 is 3.04 bits per heavy atom. The van der Waals surface area contributed by atoms with Crippen molar-refractivity contribution < 1.29 is 4.39 Å². The molecule has 27 heavy (non-hydrogen) atoms. The van der Waals surface area contributed by atoms with Gasteiger partial charge in [-0.05, 0) is 43.0 Å². The maximum atomic E-state index is 13.5. The summed E-state index contributed by atoms with van der Waals surface area (Å²) >= 11 is 0. The molecular weight excluding hydrogens is 343 g/mol. The summed E-state index contributed by atoms with van der Waals surface area (Å²) in [6.45, 7) is 1.82. The van der Waals surface area contributed by atoms with Crippen molar-refractivity contribution in [3.05, 3.63) is 60.4 Å². The normalized spacial score (nSPS) is 17.7. The average molecular weight is 362 g/mol. The van der Waals surface area contributed by atoms with Gasteiger partial charge < -0.3 is 4.90 Å². The quantitative estimate of drug-likeness (QED) is 0.560. The third-order valence-corrected chi connectivity index (χ3v) is 5.19. The fourth-order valence-electron chi connectivity index (χ4n) is 3.86. The van der Waals surface area contributed by atoms with Crippen molar-refractivity contribution in [2.75, 3.05) is 18.0 Å². The zero-order chi connectivity index (χ0) is 18.2. The molecule has 0 bridgehead atoms. The van der Waals surface area contributed by atoms with E-state index in [0.717, 1.165) is 49.6 Å². The lowest BCUT2D eigenvalue weighted by molar-refractivity contribution is 0.403. The number of hydrogen-bond donors (Lipinski definition) is 0. The molecule has 1 aromatic carbocycles. The number of benzene rings is 1. The van der Waals surface area contributed by atoms with Crippen LogP contribution < -0.4 is 4.90 Å². The monoisotopic (exact) mass is 362 g/mol. The maximum absolute atomic E-state index is 13.5. The van der Waals surface area contributed by atoms with Crippen molar-refractivity contribution in [3.63, 3.8) is 0 Å². The number of pyridine rings is 1. The highest BCUT2D eigenvalue weighted by molar-refractivity contribution is 5.75. The minimum Gasteiger partial charge on any atom is -0.355 e. The predicted molar refractivity (Wildman–Crippen MR) is 101 cm³/mol. The van der Waals surface area contributed by atoms with Crippen LogP contribution in [0.3, 0.4) is 0 Å². The fraction of sp³-hybridized carbons (Fsp3) is 0.300. The van der Waals surface area contributed by atoms with E-state index in [9.17, 15) is 4.39 Å². The number of halogens is 1. The summed E-state index contributed by atoms with van der Waals surface area (Å²) in [7, 11) is 0. The van der Waals surface area contributed by atoms with Gasteiger partial charge in [0.05, 0.1) is 17.2 Å². The van der Waals surface area contributed by atoms with E-state index >= 15 is 0 Å². The summed E-state index contributed by atoms with van der Waals surface area (Å²) in [4.78, 5) is 11.3. The van der Waals surface area contributed by atoms with Gasteiger partial charge in [-0.15, -0.1) is 10.2 Å². The van der Waals surface area contributed by atoms with Crippen LogP contribution in [0, 0.1) is 11.7 Å². The molecule has 3 aromatic heterocycles.